The number of benzene rings is 2. The van der Waals surface area contributed by atoms with E-state index in [0.29, 0.717) is 32.0 Å². The fraction of sp³-hybridized carbons (Fsp3) is 0.0588. The number of ether oxygens (including phenoxy) is 2. The lowest BCUT2D eigenvalue weighted by molar-refractivity contribution is -0.113. The molecule has 2 aliphatic rings. The minimum atomic E-state index is -0.265. The number of hydrogen-bond donors (Lipinski definition) is 1. The van der Waals surface area contributed by atoms with Gasteiger partial charge in [-0.25, -0.2) is 0 Å². The minimum absolute atomic E-state index is 0.106. The highest BCUT2D eigenvalue weighted by atomic mass is 35.5. The Bertz CT molecular complexity index is 970. The van der Waals surface area contributed by atoms with Gasteiger partial charge in [-0.15, -0.1) is 0 Å². The molecule has 0 saturated carbocycles. The molecule has 0 radical (unpaired) electrons. The molecule has 132 valence electrons. The highest BCUT2D eigenvalue weighted by Crippen LogP contribution is 2.41. The number of fused-ring (bicyclic) bond motifs is 1. The predicted molar refractivity (Wildman–Crippen MR) is 106 cm³/mol. The van der Waals surface area contributed by atoms with Crippen LogP contribution in [0.5, 0.6) is 17.2 Å². The molecule has 2 aromatic rings. The Morgan fingerprint density at radius 3 is 2.58 bits per heavy atom. The fourth-order valence-corrected chi connectivity index (χ4v) is 4.34. The molecule has 4 rings (SSSR count). The average molecular weight is 426 g/mol. The van der Waals surface area contributed by atoms with Crippen molar-refractivity contribution >= 4 is 69.2 Å². The summed E-state index contributed by atoms with van der Waals surface area (Å²) in [6, 6.07) is 8.24. The monoisotopic (exact) mass is 425 g/mol. The standard InChI is InChI=1S/C17H9Cl2NO4S2/c18-10-3-8(4-11(19)15(10)21)5-14-16(22)20(17(25)26-14)9-1-2-12-13(6-9)24-7-23-12/h1-6,21H,7H2/b14-5+. The van der Waals surface area contributed by atoms with Crippen molar-refractivity contribution in [3.05, 3.63) is 50.8 Å². The molecule has 0 spiro atoms. The lowest BCUT2D eigenvalue weighted by Crippen LogP contribution is -2.27. The summed E-state index contributed by atoms with van der Waals surface area (Å²) < 4.78 is 11.0. The summed E-state index contributed by atoms with van der Waals surface area (Å²) in [5, 5.41) is 9.86. The fourth-order valence-electron chi connectivity index (χ4n) is 2.53. The van der Waals surface area contributed by atoms with E-state index >= 15 is 0 Å². The van der Waals surface area contributed by atoms with Gasteiger partial charge in [0.15, 0.2) is 21.6 Å². The third kappa shape index (κ3) is 3.01. The number of rotatable bonds is 2. The number of aromatic hydroxyl groups is 1. The minimum Gasteiger partial charge on any atom is -0.505 e. The molecule has 9 heteroatoms. The van der Waals surface area contributed by atoms with Crippen LogP contribution in [0.3, 0.4) is 0 Å². The molecule has 0 bridgehead atoms. The third-order valence-electron chi connectivity index (χ3n) is 3.75. The van der Waals surface area contributed by atoms with E-state index in [2.05, 4.69) is 0 Å². The number of halogens is 2. The van der Waals surface area contributed by atoms with Gasteiger partial charge in [0.1, 0.15) is 0 Å². The van der Waals surface area contributed by atoms with Crippen LogP contribution in [0.25, 0.3) is 6.08 Å². The molecule has 0 aromatic heterocycles. The second-order valence-corrected chi connectivity index (χ2v) is 7.88. The van der Waals surface area contributed by atoms with Crippen molar-refractivity contribution in [2.45, 2.75) is 0 Å². The van der Waals surface area contributed by atoms with Crippen molar-refractivity contribution < 1.29 is 19.4 Å². The number of hydrogen-bond acceptors (Lipinski definition) is 6. The van der Waals surface area contributed by atoms with E-state index in [1.165, 1.54) is 28.8 Å². The highest BCUT2D eigenvalue weighted by molar-refractivity contribution is 8.27. The molecule has 0 atom stereocenters. The summed E-state index contributed by atoms with van der Waals surface area (Å²) in [6.45, 7) is 0.152. The van der Waals surface area contributed by atoms with Crippen LogP contribution in [0.2, 0.25) is 10.0 Å². The molecule has 1 saturated heterocycles. The second-order valence-electron chi connectivity index (χ2n) is 5.39. The summed E-state index contributed by atoms with van der Waals surface area (Å²) in [4.78, 5) is 14.7. The van der Waals surface area contributed by atoms with E-state index < -0.39 is 0 Å². The zero-order valence-corrected chi connectivity index (χ0v) is 16.0. The molecule has 1 amide bonds. The van der Waals surface area contributed by atoms with Gasteiger partial charge in [-0.05, 0) is 35.9 Å². The maximum Gasteiger partial charge on any atom is 0.270 e. The Morgan fingerprint density at radius 1 is 1.15 bits per heavy atom. The Morgan fingerprint density at radius 2 is 1.85 bits per heavy atom. The summed E-state index contributed by atoms with van der Waals surface area (Å²) in [5.74, 6) is 0.735. The van der Waals surface area contributed by atoms with Crippen LogP contribution in [0, 0.1) is 0 Å². The van der Waals surface area contributed by atoms with Gasteiger partial charge in [-0.1, -0.05) is 47.2 Å². The normalized spacial score (nSPS) is 17.5. The van der Waals surface area contributed by atoms with Crippen molar-refractivity contribution in [2.75, 3.05) is 11.7 Å². The molecule has 0 aliphatic carbocycles. The van der Waals surface area contributed by atoms with Gasteiger partial charge in [-0.3, -0.25) is 9.69 Å². The van der Waals surface area contributed by atoms with Crippen molar-refractivity contribution in [3.63, 3.8) is 0 Å². The van der Waals surface area contributed by atoms with E-state index in [-0.39, 0.29) is 28.5 Å². The Kier molecular flexibility index (Phi) is 4.48. The number of carbonyl (C=O) groups is 1. The van der Waals surface area contributed by atoms with Crippen molar-refractivity contribution in [1.82, 2.24) is 0 Å². The smallest absolute Gasteiger partial charge is 0.270 e. The van der Waals surface area contributed by atoms with Gasteiger partial charge in [0.05, 0.1) is 20.6 Å². The van der Waals surface area contributed by atoms with Crippen molar-refractivity contribution in [3.8, 4) is 17.2 Å². The number of carbonyl (C=O) groups excluding carboxylic acids is 1. The Hall–Kier alpha value is -1.93. The summed E-state index contributed by atoms with van der Waals surface area (Å²) >= 11 is 18.4. The van der Waals surface area contributed by atoms with E-state index in [1.807, 2.05) is 0 Å². The van der Waals surface area contributed by atoms with Gasteiger partial charge in [-0.2, -0.15) is 0 Å². The molecule has 26 heavy (non-hydrogen) atoms. The van der Waals surface area contributed by atoms with Crippen LogP contribution < -0.4 is 14.4 Å². The maximum absolute atomic E-state index is 12.8. The van der Waals surface area contributed by atoms with Crippen LogP contribution in [-0.2, 0) is 4.79 Å². The molecule has 2 heterocycles. The van der Waals surface area contributed by atoms with E-state index in [1.54, 1.807) is 24.3 Å². The lowest BCUT2D eigenvalue weighted by atomic mass is 10.2. The first-order chi connectivity index (χ1) is 12.4. The van der Waals surface area contributed by atoms with Crippen LogP contribution in [0.1, 0.15) is 5.56 Å². The molecule has 1 fully saturated rings. The first kappa shape index (κ1) is 17.5. The third-order valence-corrected chi connectivity index (χ3v) is 5.62. The van der Waals surface area contributed by atoms with E-state index in [9.17, 15) is 9.90 Å². The number of phenols is 1. The largest absolute Gasteiger partial charge is 0.505 e. The van der Waals surface area contributed by atoms with Crippen molar-refractivity contribution in [1.29, 1.82) is 0 Å². The van der Waals surface area contributed by atoms with Crippen LogP contribution >= 0.6 is 47.2 Å². The second kappa shape index (κ2) is 6.66. The van der Waals surface area contributed by atoms with Gasteiger partial charge in [0.25, 0.3) is 5.91 Å². The molecular weight excluding hydrogens is 417 g/mol. The highest BCUT2D eigenvalue weighted by Gasteiger charge is 2.34. The van der Waals surface area contributed by atoms with Gasteiger partial charge in [0, 0.05) is 6.07 Å². The zero-order chi connectivity index (χ0) is 18.4. The Balaban J connectivity index is 1.67. The molecular formula is C17H9Cl2NO4S2. The predicted octanol–water partition coefficient (Wildman–Crippen LogP) is 4.83. The van der Waals surface area contributed by atoms with Crippen LogP contribution in [0.4, 0.5) is 5.69 Å². The molecule has 2 aromatic carbocycles. The first-order valence-electron chi connectivity index (χ1n) is 7.29. The van der Waals surface area contributed by atoms with Gasteiger partial charge in [0.2, 0.25) is 6.79 Å². The van der Waals surface area contributed by atoms with Crippen LogP contribution in [0.15, 0.2) is 35.2 Å². The summed E-state index contributed by atoms with van der Waals surface area (Å²) in [6.07, 6.45) is 1.63. The van der Waals surface area contributed by atoms with Crippen LogP contribution in [-0.4, -0.2) is 22.1 Å². The SMILES string of the molecule is O=C1/C(=C\c2cc(Cl)c(O)c(Cl)c2)SC(=S)N1c1ccc2c(c1)OCO2. The van der Waals surface area contributed by atoms with E-state index in [4.69, 9.17) is 44.9 Å². The molecule has 1 N–H and O–H groups in total. The van der Waals surface area contributed by atoms with Crippen molar-refractivity contribution in [2.24, 2.45) is 0 Å². The molecule has 5 nitrogen and oxygen atoms in total. The topological polar surface area (TPSA) is 59.0 Å². The number of phenolic OH excluding ortho intramolecular Hbond substituents is 1. The number of thioether (sulfide) groups is 1. The maximum atomic E-state index is 12.8. The number of nitrogens with zero attached hydrogens (tertiary/aromatic N) is 1. The Labute approximate surface area is 168 Å². The molecule has 2 aliphatic heterocycles. The number of thiocarbonyl (C=S) groups is 1. The zero-order valence-electron chi connectivity index (χ0n) is 12.9. The lowest BCUT2D eigenvalue weighted by Gasteiger charge is -2.14. The van der Waals surface area contributed by atoms with Gasteiger partial charge >= 0.3 is 0 Å². The van der Waals surface area contributed by atoms with Gasteiger partial charge < -0.3 is 14.6 Å². The van der Waals surface area contributed by atoms with E-state index in [0.717, 1.165) is 0 Å². The molecule has 0 unspecified atom stereocenters. The average Bonchev–Trinajstić information content (AvgIpc) is 3.16. The summed E-state index contributed by atoms with van der Waals surface area (Å²) in [5.41, 5.74) is 1.19. The first-order valence-corrected chi connectivity index (χ1v) is 9.28. The quantitative estimate of drug-likeness (QED) is 0.548. The summed E-state index contributed by atoms with van der Waals surface area (Å²) in [7, 11) is 0. The number of amides is 1. The number of anilines is 1.